The van der Waals surface area contributed by atoms with Crippen LogP contribution in [0.15, 0.2) is 291 Å². The van der Waals surface area contributed by atoms with Crippen LogP contribution in [-0.4, -0.2) is 0 Å². The zero-order valence-corrected chi connectivity index (χ0v) is 41.1. The van der Waals surface area contributed by atoms with Crippen molar-refractivity contribution in [2.45, 2.75) is 5.41 Å². The standard InChI is InChI=1S/C73H48N2/c1-3-21-51(22-4-1)60-28-15-18-34-70(60)75(57-39-37-50-20-8-10-25-54(50)46-57)59-41-43-65-63-31-14-17-33-67(63)73(69(65)48-59)66-32-16-13-30-62(66)64-42-40-58(47-68(64)73)74(56-26-5-2-6-27-56)71-44-38-52-23-11-12-29-61(52)72(71)55-36-35-49-19-7-9-24-53(49)45-55/h1-48H. The van der Waals surface area contributed by atoms with E-state index >= 15 is 0 Å². The van der Waals surface area contributed by atoms with Crippen molar-refractivity contribution >= 4 is 66.4 Å². The monoisotopic (exact) mass is 952 g/mol. The van der Waals surface area contributed by atoms with E-state index in [-0.39, 0.29) is 0 Å². The molecule has 0 fully saturated rings. The molecule has 1 spiro atoms. The Kier molecular flexibility index (Phi) is 9.83. The molecule has 0 aromatic heterocycles. The third kappa shape index (κ3) is 6.66. The van der Waals surface area contributed by atoms with Crippen LogP contribution in [-0.2, 0) is 5.41 Å². The number of para-hydroxylation sites is 2. The Morgan fingerprint density at radius 1 is 0.227 bits per heavy atom. The SMILES string of the molecule is c1ccc(-c2ccccc2N(c2ccc3c(c2)C2(c4ccccc4-3)c3ccccc3-c3ccc(N(c4ccccc4)c4ccc5ccccc5c4-c4ccc5ccccc5c4)cc32)c2ccc3ccccc3c2)cc1. The average Bonchev–Trinajstić information content (AvgIpc) is 4.17. The molecule has 0 N–H and O–H groups in total. The van der Waals surface area contributed by atoms with Gasteiger partial charge >= 0.3 is 0 Å². The van der Waals surface area contributed by atoms with Crippen molar-refractivity contribution < 1.29 is 0 Å². The number of anilines is 6. The molecule has 0 bridgehead atoms. The molecule has 0 heterocycles. The largest absolute Gasteiger partial charge is 0.310 e. The highest BCUT2D eigenvalue weighted by Crippen LogP contribution is 2.64. The molecule has 13 aromatic carbocycles. The second kappa shape index (κ2) is 17.2. The lowest BCUT2D eigenvalue weighted by molar-refractivity contribution is 0.793. The van der Waals surface area contributed by atoms with Crippen LogP contribution in [0.1, 0.15) is 22.3 Å². The highest BCUT2D eigenvalue weighted by atomic mass is 15.2. The van der Waals surface area contributed by atoms with E-state index in [2.05, 4.69) is 301 Å². The van der Waals surface area contributed by atoms with Crippen LogP contribution >= 0.6 is 0 Å². The zero-order valence-electron chi connectivity index (χ0n) is 41.1. The van der Waals surface area contributed by atoms with Crippen LogP contribution < -0.4 is 9.80 Å². The first-order valence-corrected chi connectivity index (χ1v) is 26.0. The predicted octanol–water partition coefficient (Wildman–Crippen LogP) is 19.8. The summed E-state index contributed by atoms with van der Waals surface area (Å²) in [6.45, 7) is 0. The minimum absolute atomic E-state index is 0.634. The van der Waals surface area contributed by atoms with E-state index in [9.17, 15) is 0 Å². The van der Waals surface area contributed by atoms with E-state index in [0.29, 0.717) is 0 Å². The van der Waals surface area contributed by atoms with Crippen molar-refractivity contribution in [2.24, 2.45) is 0 Å². The number of hydrogen-bond acceptors (Lipinski definition) is 2. The van der Waals surface area contributed by atoms with E-state index in [0.717, 1.165) is 34.1 Å². The predicted molar refractivity (Wildman–Crippen MR) is 315 cm³/mol. The number of rotatable bonds is 8. The van der Waals surface area contributed by atoms with Crippen LogP contribution in [0, 0.1) is 0 Å². The highest BCUT2D eigenvalue weighted by molar-refractivity contribution is 6.07. The van der Waals surface area contributed by atoms with Crippen molar-refractivity contribution in [3.05, 3.63) is 313 Å². The highest BCUT2D eigenvalue weighted by Gasteiger charge is 2.52. The van der Waals surface area contributed by atoms with Gasteiger partial charge in [0.2, 0.25) is 0 Å². The van der Waals surface area contributed by atoms with Crippen LogP contribution in [0.4, 0.5) is 34.1 Å². The molecule has 2 heteroatoms. The fourth-order valence-electron chi connectivity index (χ4n) is 12.8. The Morgan fingerprint density at radius 3 is 1.35 bits per heavy atom. The third-order valence-electron chi connectivity index (χ3n) is 16.0. The minimum atomic E-state index is -0.634. The van der Waals surface area contributed by atoms with Crippen molar-refractivity contribution in [1.29, 1.82) is 0 Å². The van der Waals surface area contributed by atoms with Gasteiger partial charge in [0.15, 0.2) is 0 Å². The number of benzene rings is 13. The van der Waals surface area contributed by atoms with E-state index in [1.54, 1.807) is 0 Å². The summed E-state index contributed by atoms with van der Waals surface area (Å²) < 4.78 is 0. The molecular formula is C73H48N2. The smallest absolute Gasteiger partial charge is 0.0727 e. The maximum Gasteiger partial charge on any atom is 0.0727 e. The molecule has 13 aromatic rings. The Balaban J connectivity index is 0.989. The molecule has 0 saturated heterocycles. The van der Waals surface area contributed by atoms with Crippen LogP contribution in [0.25, 0.3) is 76.8 Å². The van der Waals surface area contributed by atoms with Gasteiger partial charge in [-0.2, -0.15) is 0 Å². The van der Waals surface area contributed by atoms with Crippen molar-refractivity contribution in [3.63, 3.8) is 0 Å². The van der Waals surface area contributed by atoms with Crippen molar-refractivity contribution in [2.75, 3.05) is 9.80 Å². The van der Waals surface area contributed by atoms with Crippen LogP contribution in [0.2, 0.25) is 0 Å². The van der Waals surface area contributed by atoms with Gasteiger partial charge in [0.25, 0.3) is 0 Å². The fraction of sp³-hybridized carbons (Fsp3) is 0.0137. The second-order valence-corrected chi connectivity index (χ2v) is 20.0. The van der Waals surface area contributed by atoms with Crippen LogP contribution in [0.5, 0.6) is 0 Å². The molecule has 1 atom stereocenters. The van der Waals surface area contributed by atoms with Gasteiger partial charge in [0.1, 0.15) is 0 Å². The summed E-state index contributed by atoms with van der Waals surface area (Å²) in [5, 5.41) is 7.29. The lowest BCUT2D eigenvalue weighted by Gasteiger charge is -2.34. The molecule has 0 amide bonds. The Labute approximate surface area is 437 Å². The van der Waals surface area contributed by atoms with Gasteiger partial charge in [-0.1, -0.05) is 224 Å². The molecule has 2 nitrogen and oxygen atoms in total. The Morgan fingerprint density at radius 2 is 0.680 bits per heavy atom. The summed E-state index contributed by atoms with van der Waals surface area (Å²) in [6, 6.07) is 108. The quantitative estimate of drug-likeness (QED) is 0.150. The number of nitrogens with zero attached hydrogens (tertiary/aromatic N) is 2. The second-order valence-electron chi connectivity index (χ2n) is 20.0. The molecule has 2 aliphatic carbocycles. The van der Waals surface area contributed by atoms with Crippen molar-refractivity contribution in [1.82, 2.24) is 0 Å². The first-order valence-electron chi connectivity index (χ1n) is 26.0. The Hall–Kier alpha value is -9.76. The lowest BCUT2D eigenvalue weighted by Crippen LogP contribution is -2.26. The van der Waals surface area contributed by atoms with Crippen LogP contribution in [0.3, 0.4) is 0 Å². The van der Waals surface area contributed by atoms with E-state index < -0.39 is 5.41 Å². The zero-order chi connectivity index (χ0) is 49.5. The molecular weight excluding hydrogens is 905 g/mol. The maximum atomic E-state index is 2.52. The summed E-state index contributed by atoms with van der Waals surface area (Å²) in [7, 11) is 0. The molecule has 0 saturated carbocycles. The molecule has 2 aliphatic rings. The lowest BCUT2D eigenvalue weighted by atomic mass is 9.70. The van der Waals surface area contributed by atoms with E-state index in [4.69, 9.17) is 0 Å². The minimum Gasteiger partial charge on any atom is -0.310 e. The average molecular weight is 953 g/mol. The molecule has 0 aliphatic heterocycles. The number of fused-ring (bicyclic) bond motifs is 13. The topological polar surface area (TPSA) is 6.48 Å². The van der Waals surface area contributed by atoms with Gasteiger partial charge in [0.05, 0.1) is 16.8 Å². The third-order valence-corrected chi connectivity index (χ3v) is 16.0. The summed E-state index contributed by atoms with van der Waals surface area (Å²) in [5.74, 6) is 0. The normalized spacial score (nSPS) is 13.9. The number of hydrogen-bond donors (Lipinski definition) is 0. The molecule has 0 radical (unpaired) electrons. The molecule has 75 heavy (non-hydrogen) atoms. The summed E-state index contributed by atoms with van der Waals surface area (Å²) in [4.78, 5) is 4.98. The van der Waals surface area contributed by atoms with Gasteiger partial charge < -0.3 is 9.80 Å². The van der Waals surface area contributed by atoms with E-state index in [1.807, 2.05) is 0 Å². The molecule has 1 unspecified atom stereocenters. The maximum absolute atomic E-state index is 2.52. The molecule has 350 valence electrons. The first kappa shape index (κ1) is 42.9. The Bertz CT molecular complexity index is 4370. The van der Waals surface area contributed by atoms with Gasteiger partial charge in [-0.15, -0.1) is 0 Å². The summed E-state index contributed by atoms with van der Waals surface area (Å²) in [6.07, 6.45) is 0. The van der Waals surface area contributed by atoms with Gasteiger partial charge in [-0.05, 0) is 155 Å². The summed E-state index contributed by atoms with van der Waals surface area (Å²) in [5.41, 5.74) is 20.9. The van der Waals surface area contributed by atoms with Gasteiger partial charge in [0, 0.05) is 33.9 Å². The fourth-order valence-corrected chi connectivity index (χ4v) is 12.8. The first-order chi connectivity index (χ1) is 37.2. The van der Waals surface area contributed by atoms with Gasteiger partial charge in [-0.3, -0.25) is 0 Å². The van der Waals surface area contributed by atoms with E-state index in [1.165, 1.54) is 99.1 Å². The van der Waals surface area contributed by atoms with Gasteiger partial charge in [-0.25, -0.2) is 0 Å². The summed E-state index contributed by atoms with van der Waals surface area (Å²) >= 11 is 0. The molecule has 15 rings (SSSR count). The van der Waals surface area contributed by atoms with Crippen molar-refractivity contribution in [3.8, 4) is 44.5 Å².